The summed E-state index contributed by atoms with van der Waals surface area (Å²) in [4.78, 5) is 27.5. The van der Waals surface area contributed by atoms with E-state index < -0.39 is 0 Å². The molecule has 0 bridgehead atoms. The highest BCUT2D eigenvalue weighted by atomic mass is 16.5. The molecule has 1 heterocycles. The van der Waals surface area contributed by atoms with Crippen LogP contribution in [0.2, 0.25) is 0 Å². The zero-order valence-corrected chi connectivity index (χ0v) is 16.3. The molecule has 0 aromatic heterocycles. The molecule has 6 nitrogen and oxygen atoms in total. The van der Waals surface area contributed by atoms with Crippen molar-refractivity contribution in [2.75, 3.05) is 40.5 Å². The Balaban J connectivity index is 1.83. The van der Waals surface area contributed by atoms with Gasteiger partial charge >= 0.3 is 0 Å². The third-order valence-corrected chi connectivity index (χ3v) is 5.09. The molecule has 2 atom stereocenters. The van der Waals surface area contributed by atoms with Crippen molar-refractivity contribution in [3.63, 3.8) is 0 Å². The summed E-state index contributed by atoms with van der Waals surface area (Å²) in [5.74, 6) is 0.208. The fourth-order valence-electron chi connectivity index (χ4n) is 3.62. The number of ether oxygens (including phenoxy) is 2. The van der Waals surface area contributed by atoms with E-state index in [4.69, 9.17) is 9.47 Å². The predicted molar refractivity (Wildman–Crippen MR) is 106 cm³/mol. The molecule has 1 N–H and O–H groups in total. The lowest BCUT2D eigenvalue weighted by molar-refractivity contribution is -0.125. The average molecular weight is 382 g/mol. The van der Waals surface area contributed by atoms with Crippen LogP contribution >= 0.6 is 0 Å². The number of hydrogen-bond donors (Lipinski definition) is 1. The van der Waals surface area contributed by atoms with E-state index in [0.717, 1.165) is 11.3 Å². The summed E-state index contributed by atoms with van der Waals surface area (Å²) in [5, 5.41) is 2.92. The molecule has 0 saturated carbocycles. The molecule has 0 aliphatic carbocycles. The van der Waals surface area contributed by atoms with Gasteiger partial charge < -0.3 is 19.7 Å². The van der Waals surface area contributed by atoms with Crippen molar-refractivity contribution in [2.24, 2.45) is 5.92 Å². The number of rotatable bonds is 7. The van der Waals surface area contributed by atoms with Gasteiger partial charge in [-0.2, -0.15) is 0 Å². The lowest BCUT2D eigenvalue weighted by atomic mass is 9.88. The van der Waals surface area contributed by atoms with E-state index in [1.54, 1.807) is 31.3 Å². The van der Waals surface area contributed by atoms with Gasteiger partial charge in [0, 0.05) is 38.2 Å². The molecule has 2 amide bonds. The molecule has 2 aromatic rings. The fraction of sp³-hybridized carbons (Fsp3) is 0.364. The van der Waals surface area contributed by atoms with Crippen molar-refractivity contribution in [3.05, 3.63) is 65.7 Å². The summed E-state index contributed by atoms with van der Waals surface area (Å²) < 4.78 is 10.4. The molecular weight excluding hydrogens is 356 g/mol. The quantitative estimate of drug-likeness (QED) is 0.747. The molecule has 0 radical (unpaired) electrons. The highest BCUT2D eigenvalue weighted by Gasteiger charge is 2.40. The number of amides is 2. The first kappa shape index (κ1) is 19.9. The Bertz CT molecular complexity index is 809. The second kappa shape index (κ2) is 9.37. The molecular formula is C22H26N2O4. The third kappa shape index (κ3) is 4.51. The lowest BCUT2D eigenvalue weighted by Crippen LogP contribution is -2.37. The number of likely N-dealkylation sites (tertiary alicyclic amines) is 1. The minimum absolute atomic E-state index is 0.0549. The van der Waals surface area contributed by atoms with Gasteiger partial charge in [-0.1, -0.05) is 30.3 Å². The largest absolute Gasteiger partial charge is 0.497 e. The second-order valence-corrected chi connectivity index (χ2v) is 6.85. The van der Waals surface area contributed by atoms with Crippen molar-refractivity contribution in [3.8, 4) is 5.75 Å². The molecule has 0 spiro atoms. The normalized spacial score (nSPS) is 18.7. The summed E-state index contributed by atoms with van der Waals surface area (Å²) >= 11 is 0. The van der Waals surface area contributed by atoms with E-state index in [2.05, 4.69) is 5.32 Å². The molecule has 2 aromatic carbocycles. The van der Waals surface area contributed by atoms with Crippen LogP contribution in [0, 0.1) is 5.92 Å². The molecule has 1 saturated heterocycles. The molecule has 1 fully saturated rings. The van der Waals surface area contributed by atoms with E-state index in [-0.39, 0.29) is 23.7 Å². The Morgan fingerprint density at radius 1 is 1.07 bits per heavy atom. The number of methoxy groups -OCH3 is 2. The maximum Gasteiger partial charge on any atom is 0.253 e. The summed E-state index contributed by atoms with van der Waals surface area (Å²) in [6.07, 6.45) is 0. The lowest BCUT2D eigenvalue weighted by Gasteiger charge is -2.18. The Labute approximate surface area is 165 Å². The zero-order chi connectivity index (χ0) is 19.9. The zero-order valence-electron chi connectivity index (χ0n) is 16.3. The van der Waals surface area contributed by atoms with Crippen LogP contribution in [0.15, 0.2) is 54.6 Å². The van der Waals surface area contributed by atoms with Crippen molar-refractivity contribution in [1.29, 1.82) is 0 Å². The van der Waals surface area contributed by atoms with Gasteiger partial charge in [0.05, 0.1) is 19.6 Å². The summed E-state index contributed by atoms with van der Waals surface area (Å²) in [6, 6.07) is 16.9. The SMILES string of the molecule is COCCNC(=O)C1CN(C(=O)c2ccccc2)CC1c1cccc(OC)c1. The smallest absolute Gasteiger partial charge is 0.253 e. The first-order chi connectivity index (χ1) is 13.6. The van der Waals surface area contributed by atoms with Crippen LogP contribution in [0.1, 0.15) is 21.8 Å². The maximum atomic E-state index is 12.9. The number of hydrogen-bond acceptors (Lipinski definition) is 4. The summed E-state index contributed by atoms with van der Waals surface area (Å²) in [6.45, 7) is 1.77. The van der Waals surface area contributed by atoms with Crippen LogP contribution in [0.25, 0.3) is 0 Å². The van der Waals surface area contributed by atoms with E-state index in [9.17, 15) is 9.59 Å². The van der Waals surface area contributed by atoms with Gasteiger partial charge in [-0.3, -0.25) is 9.59 Å². The van der Waals surface area contributed by atoms with E-state index >= 15 is 0 Å². The molecule has 148 valence electrons. The number of nitrogens with one attached hydrogen (secondary N) is 1. The minimum atomic E-state index is -0.323. The monoisotopic (exact) mass is 382 g/mol. The first-order valence-electron chi connectivity index (χ1n) is 9.39. The van der Waals surface area contributed by atoms with Crippen LogP contribution < -0.4 is 10.1 Å². The molecule has 6 heteroatoms. The van der Waals surface area contributed by atoms with Crippen molar-refractivity contribution in [1.82, 2.24) is 10.2 Å². The number of carbonyl (C=O) groups excluding carboxylic acids is 2. The summed E-state index contributed by atoms with van der Waals surface area (Å²) in [7, 11) is 3.22. The Morgan fingerprint density at radius 2 is 1.86 bits per heavy atom. The van der Waals surface area contributed by atoms with Crippen molar-refractivity contribution < 1.29 is 19.1 Å². The first-order valence-corrected chi connectivity index (χ1v) is 9.39. The fourth-order valence-corrected chi connectivity index (χ4v) is 3.62. The second-order valence-electron chi connectivity index (χ2n) is 6.85. The van der Waals surface area contributed by atoms with E-state index in [1.807, 2.05) is 42.5 Å². The van der Waals surface area contributed by atoms with E-state index in [0.29, 0.717) is 31.8 Å². The molecule has 1 aliphatic rings. The molecule has 3 rings (SSSR count). The molecule has 2 unspecified atom stereocenters. The highest BCUT2D eigenvalue weighted by Crippen LogP contribution is 2.35. The van der Waals surface area contributed by atoms with Crippen LogP contribution in [0.5, 0.6) is 5.75 Å². The van der Waals surface area contributed by atoms with Gasteiger partial charge in [-0.15, -0.1) is 0 Å². The number of nitrogens with zero attached hydrogens (tertiary/aromatic N) is 1. The van der Waals surface area contributed by atoms with E-state index in [1.165, 1.54) is 0 Å². The van der Waals surface area contributed by atoms with Gasteiger partial charge in [-0.05, 0) is 29.8 Å². The third-order valence-electron chi connectivity index (χ3n) is 5.09. The van der Waals surface area contributed by atoms with Crippen LogP contribution in [-0.2, 0) is 9.53 Å². The molecule has 28 heavy (non-hydrogen) atoms. The van der Waals surface area contributed by atoms with Gasteiger partial charge in [0.2, 0.25) is 5.91 Å². The highest BCUT2D eigenvalue weighted by molar-refractivity contribution is 5.95. The van der Waals surface area contributed by atoms with Crippen LogP contribution in [0.3, 0.4) is 0 Å². The van der Waals surface area contributed by atoms with Crippen molar-refractivity contribution in [2.45, 2.75) is 5.92 Å². The van der Waals surface area contributed by atoms with Crippen LogP contribution in [0.4, 0.5) is 0 Å². The number of carbonyl (C=O) groups is 2. The minimum Gasteiger partial charge on any atom is -0.497 e. The topological polar surface area (TPSA) is 67.9 Å². The standard InChI is InChI=1S/C22H26N2O4/c1-27-12-11-23-21(25)20-15-24(22(26)16-7-4-3-5-8-16)14-19(20)17-9-6-10-18(13-17)28-2/h3-10,13,19-20H,11-12,14-15H2,1-2H3,(H,23,25). The maximum absolute atomic E-state index is 12.9. The summed E-state index contributed by atoms with van der Waals surface area (Å²) in [5.41, 5.74) is 1.63. The van der Waals surface area contributed by atoms with Gasteiger partial charge in [0.1, 0.15) is 5.75 Å². The van der Waals surface area contributed by atoms with Crippen LogP contribution in [-0.4, -0.2) is 57.2 Å². The molecule has 1 aliphatic heterocycles. The average Bonchev–Trinajstić information content (AvgIpc) is 3.19. The van der Waals surface area contributed by atoms with Crippen molar-refractivity contribution >= 4 is 11.8 Å². The Morgan fingerprint density at radius 3 is 2.57 bits per heavy atom. The number of benzene rings is 2. The Hall–Kier alpha value is -2.86. The predicted octanol–water partition coefficient (Wildman–Crippen LogP) is 2.31. The van der Waals surface area contributed by atoms with Gasteiger partial charge in [0.15, 0.2) is 0 Å². The van der Waals surface area contributed by atoms with Gasteiger partial charge in [-0.25, -0.2) is 0 Å². The van der Waals surface area contributed by atoms with Gasteiger partial charge in [0.25, 0.3) is 5.91 Å². The Kier molecular flexibility index (Phi) is 6.66.